The first-order valence-electron chi connectivity index (χ1n) is 6.61. The maximum Gasteiger partial charge on any atom is 0.311 e. The Morgan fingerprint density at radius 3 is 2.81 bits per heavy atom. The van der Waals surface area contributed by atoms with Crippen LogP contribution in [0, 0.1) is 17.0 Å². The van der Waals surface area contributed by atoms with Gasteiger partial charge in [0.05, 0.1) is 4.92 Å². The molecule has 0 bridgehead atoms. The van der Waals surface area contributed by atoms with E-state index < -0.39 is 4.92 Å². The van der Waals surface area contributed by atoms with Crippen molar-refractivity contribution in [1.82, 2.24) is 9.97 Å². The van der Waals surface area contributed by atoms with Crippen molar-refractivity contribution < 1.29 is 9.66 Å². The molecule has 0 unspecified atom stereocenters. The van der Waals surface area contributed by atoms with Gasteiger partial charge in [0.1, 0.15) is 11.6 Å². The van der Waals surface area contributed by atoms with E-state index in [1.54, 1.807) is 19.1 Å². The van der Waals surface area contributed by atoms with Gasteiger partial charge in [-0.2, -0.15) is 4.98 Å². The Kier molecular flexibility index (Phi) is 3.17. The van der Waals surface area contributed by atoms with Crippen LogP contribution in [-0.4, -0.2) is 14.9 Å². The third-order valence-corrected chi connectivity index (χ3v) is 3.28. The van der Waals surface area contributed by atoms with E-state index in [1.165, 1.54) is 12.1 Å². The van der Waals surface area contributed by atoms with E-state index in [9.17, 15) is 10.1 Å². The molecule has 0 saturated heterocycles. The number of hydrogen-bond donors (Lipinski definition) is 1. The predicted octanol–water partition coefficient (Wildman–Crippen LogP) is 2.95. The first kappa shape index (κ1) is 13.3. The molecule has 0 radical (unpaired) electrons. The smallest absolute Gasteiger partial charge is 0.311 e. The molecule has 1 aromatic carbocycles. The summed E-state index contributed by atoms with van der Waals surface area (Å²) in [5, 5.41) is 11.1. The number of para-hydroxylation sites is 1. The monoisotopic (exact) mass is 286 g/mol. The van der Waals surface area contributed by atoms with Crippen LogP contribution < -0.4 is 10.5 Å². The van der Waals surface area contributed by atoms with Crippen LogP contribution in [0.4, 0.5) is 11.5 Å². The normalized spacial score (nSPS) is 14.0. The van der Waals surface area contributed by atoms with E-state index in [0.717, 1.165) is 12.8 Å². The number of nitro groups is 1. The average Bonchev–Trinajstić information content (AvgIpc) is 3.24. The Hall–Kier alpha value is -2.70. The van der Waals surface area contributed by atoms with Gasteiger partial charge in [-0.05, 0) is 25.3 Å². The van der Waals surface area contributed by atoms with Gasteiger partial charge in [0.2, 0.25) is 11.6 Å². The molecule has 1 aromatic heterocycles. The van der Waals surface area contributed by atoms with Gasteiger partial charge in [-0.15, -0.1) is 0 Å². The number of aryl methyl sites for hydroxylation is 1. The topological polar surface area (TPSA) is 104 Å². The quantitative estimate of drug-likeness (QED) is 0.684. The summed E-state index contributed by atoms with van der Waals surface area (Å²) in [4.78, 5) is 19.1. The molecular formula is C14H14N4O3. The zero-order chi connectivity index (χ0) is 15.0. The second-order valence-electron chi connectivity index (χ2n) is 5.05. The fraction of sp³-hybridized carbons (Fsp3) is 0.286. The first-order chi connectivity index (χ1) is 10.0. The summed E-state index contributed by atoms with van der Waals surface area (Å²) in [5.74, 6) is 1.69. The minimum Gasteiger partial charge on any atom is -0.431 e. The Morgan fingerprint density at radius 1 is 1.38 bits per heavy atom. The number of nitro benzene ring substituents is 1. The van der Waals surface area contributed by atoms with Gasteiger partial charge in [-0.25, -0.2) is 4.98 Å². The van der Waals surface area contributed by atoms with Gasteiger partial charge < -0.3 is 10.5 Å². The summed E-state index contributed by atoms with van der Waals surface area (Å²) in [7, 11) is 0. The maximum atomic E-state index is 11.1. The summed E-state index contributed by atoms with van der Waals surface area (Å²) < 4.78 is 5.63. The van der Waals surface area contributed by atoms with E-state index >= 15 is 0 Å². The number of nitrogens with two attached hydrogens (primary N) is 1. The standard InChI is InChI=1S/C14H14N4O3/c1-8-3-2-4-10(18(19)20)13(8)21-12-7-11(15)16-14(17-12)9-5-6-9/h2-4,7,9H,5-6H2,1H3,(H2,15,16,17). The molecule has 1 heterocycles. The largest absolute Gasteiger partial charge is 0.431 e. The minimum absolute atomic E-state index is 0.0971. The molecule has 0 amide bonds. The molecule has 0 atom stereocenters. The van der Waals surface area contributed by atoms with Gasteiger partial charge in [0.25, 0.3) is 0 Å². The molecule has 0 aliphatic heterocycles. The SMILES string of the molecule is Cc1cccc([N+](=O)[O-])c1Oc1cc(N)nc(C2CC2)n1. The number of ether oxygens (including phenoxy) is 1. The Morgan fingerprint density at radius 2 is 2.14 bits per heavy atom. The second kappa shape index (κ2) is 5.01. The van der Waals surface area contributed by atoms with E-state index in [0.29, 0.717) is 23.1 Å². The lowest BCUT2D eigenvalue weighted by Gasteiger charge is -2.09. The van der Waals surface area contributed by atoms with Gasteiger partial charge in [-0.3, -0.25) is 10.1 Å². The zero-order valence-electron chi connectivity index (χ0n) is 11.4. The van der Waals surface area contributed by atoms with Crippen molar-refractivity contribution >= 4 is 11.5 Å². The number of nitrogens with zero attached hydrogens (tertiary/aromatic N) is 3. The fourth-order valence-corrected chi connectivity index (χ4v) is 2.06. The molecule has 1 saturated carbocycles. The Labute approximate surface area is 120 Å². The molecular weight excluding hydrogens is 272 g/mol. The molecule has 21 heavy (non-hydrogen) atoms. The number of hydrogen-bond acceptors (Lipinski definition) is 6. The van der Waals surface area contributed by atoms with E-state index in [1.807, 2.05) is 0 Å². The van der Waals surface area contributed by atoms with Gasteiger partial charge in [0.15, 0.2) is 0 Å². The maximum absolute atomic E-state index is 11.1. The van der Waals surface area contributed by atoms with Gasteiger partial charge >= 0.3 is 5.69 Å². The summed E-state index contributed by atoms with van der Waals surface area (Å²) in [6, 6.07) is 6.23. The molecule has 3 rings (SSSR count). The molecule has 7 nitrogen and oxygen atoms in total. The van der Waals surface area contributed by atoms with E-state index in [4.69, 9.17) is 10.5 Å². The lowest BCUT2D eigenvalue weighted by atomic mass is 10.2. The van der Waals surface area contributed by atoms with E-state index in [-0.39, 0.29) is 17.3 Å². The number of rotatable bonds is 4. The molecule has 2 N–H and O–H groups in total. The highest BCUT2D eigenvalue weighted by atomic mass is 16.6. The Balaban J connectivity index is 1.98. The highest BCUT2D eigenvalue weighted by molar-refractivity contribution is 5.53. The van der Waals surface area contributed by atoms with Crippen molar-refractivity contribution in [2.45, 2.75) is 25.7 Å². The summed E-state index contributed by atoms with van der Waals surface area (Å²) in [6.07, 6.45) is 2.07. The molecule has 0 spiro atoms. The molecule has 2 aromatic rings. The average molecular weight is 286 g/mol. The molecule has 108 valence electrons. The van der Waals surface area contributed by atoms with Crippen molar-refractivity contribution in [3.05, 3.63) is 45.8 Å². The Bertz CT molecular complexity index is 713. The summed E-state index contributed by atoms with van der Waals surface area (Å²) in [6.45, 7) is 1.74. The van der Waals surface area contributed by atoms with E-state index in [2.05, 4.69) is 9.97 Å². The van der Waals surface area contributed by atoms with Crippen molar-refractivity contribution in [3.8, 4) is 11.6 Å². The highest BCUT2D eigenvalue weighted by Crippen LogP contribution is 2.40. The number of nitrogen functional groups attached to an aromatic ring is 1. The minimum atomic E-state index is -0.477. The summed E-state index contributed by atoms with van der Waals surface area (Å²) >= 11 is 0. The molecule has 1 fully saturated rings. The van der Waals surface area contributed by atoms with Crippen LogP contribution in [0.1, 0.15) is 30.1 Å². The van der Waals surface area contributed by atoms with Crippen LogP contribution in [0.15, 0.2) is 24.3 Å². The van der Waals surface area contributed by atoms with Crippen molar-refractivity contribution in [3.63, 3.8) is 0 Å². The van der Waals surface area contributed by atoms with Gasteiger partial charge in [0, 0.05) is 18.1 Å². The van der Waals surface area contributed by atoms with Crippen molar-refractivity contribution in [2.24, 2.45) is 0 Å². The van der Waals surface area contributed by atoms with Gasteiger partial charge in [-0.1, -0.05) is 12.1 Å². The number of aromatic nitrogens is 2. The van der Waals surface area contributed by atoms with Crippen LogP contribution in [0.25, 0.3) is 0 Å². The highest BCUT2D eigenvalue weighted by Gasteiger charge is 2.28. The van der Waals surface area contributed by atoms with Crippen LogP contribution in [0.5, 0.6) is 11.6 Å². The van der Waals surface area contributed by atoms with Crippen LogP contribution >= 0.6 is 0 Å². The third kappa shape index (κ3) is 2.76. The third-order valence-electron chi connectivity index (χ3n) is 3.28. The number of benzene rings is 1. The fourth-order valence-electron chi connectivity index (χ4n) is 2.06. The molecule has 1 aliphatic carbocycles. The predicted molar refractivity (Wildman–Crippen MR) is 76.3 cm³/mol. The molecule has 1 aliphatic rings. The first-order valence-corrected chi connectivity index (χ1v) is 6.61. The zero-order valence-corrected chi connectivity index (χ0v) is 11.4. The van der Waals surface area contributed by atoms with Crippen molar-refractivity contribution in [2.75, 3.05) is 5.73 Å². The molecule has 7 heteroatoms. The van der Waals surface area contributed by atoms with Crippen molar-refractivity contribution in [1.29, 1.82) is 0 Å². The summed E-state index contributed by atoms with van der Waals surface area (Å²) in [5.41, 5.74) is 6.31. The second-order valence-corrected chi connectivity index (χ2v) is 5.05. The van der Waals surface area contributed by atoms with Crippen LogP contribution in [0.2, 0.25) is 0 Å². The lowest BCUT2D eigenvalue weighted by molar-refractivity contribution is -0.385. The lowest BCUT2D eigenvalue weighted by Crippen LogP contribution is -2.02. The van der Waals surface area contributed by atoms with Crippen LogP contribution in [0.3, 0.4) is 0 Å². The number of anilines is 1. The van der Waals surface area contributed by atoms with Crippen LogP contribution in [-0.2, 0) is 0 Å².